The van der Waals surface area contributed by atoms with Gasteiger partial charge in [0, 0.05) is 28.5 Å². The third kappa shape index (κ3) is 2.71. The van der Waals surface area contributed by atoms with Gasteiger partial charge in [-0.25, -0.2) is 8.42 Å². The Hall–Kier alpha value is -1.13. The maximum absolute atomic E-state index is 10.9. The van der Waals surface area contributed by atoms with E-state index in [0.717, 1.165) is 16.3 Å². The van der Waals surface area contributed by atoms with Crippen molar-refractivity contribution in [1.82, 2.24) is 4.98 Å². The van der Waals surface area contributed by atoms with Crippen LogP contribution in [0, 0.1) is 0 Å². The largest absolute Gasteiger partial charge is 0.264 e. The monoisotopic (exact) mass is 255 g/mol. The van der Waals surface area contributed by atoms with E-state index in [1.807, 2.05) is 24.3 Å². The first kappa shape index (κ1) is 11.4. The second-order valence-electron chi connectivity index (χ2n) is 3.51. The molecule has 1 aromatic carbocycles. The van der Waals surface area contributed by atoms with E-state index in [9.17, 15) is 8.42 Å². The number of hydrogen-bond donors (Lipinski definition) is 0. The SMILES string of the molecule is O=S(=O)(Cl)CCc1cncc2ccccc12. The van der Waals surface area contributed by atoms with E-state index in [2.05, 4.69) is 4.98 Å². The zero-order chi connectivity index (χ0) is 11.6. The molecule has 5 heteroatoms. The minimum atomic E-state index is -3.45. The number of hydrogen-bond acceptors (Lipinski definition) is 3. The predicted molar refractivity (Wildman–Crippen MR) is 65.1 cm³/mol. The van der Waals surface area contributed by atoms with E-state index in [-0.39, 0.29) is 5.75 Å². The molecule has 2 aromatic rings. The standard InChI is InChI=1S/C11H10ClNO2S/c12-16(14,15)6-5-10-8-13-7-9-3-1-2-4-11(9)10/h1-4,7-8H,5-6H2. The van der Waals surface area contributed by atoms with Crippen molar-refractivity contribution < 1.29 is 8.42 Å². The van der Waals surface area contributed by atoms with Gasteiger partial charge in [0.05, 0.1) is 5.75 Å². The van der Waals surface area contributed by atoms with Gasteiger partial charge >= 0.3 is 0 Å². The van der Waals surface area contributed by atoms with Crippen LogP contribution in [0.2, 0.25) is 0 Å². The Balaban J connectivity index is 2.38. The van der Waals surface area contributed by atoms with Crippen LogP contribution in [0.1, 0.15) is 5.56 Å². The summed E-state index contributed by atoms with van der Waals surface area (Å²) >= 11 is 0. The van der Waals surface area contributed by atoms with Gasteiger partial charge in [-0.15, -0.1) is 0 Å². The van der Waals surface area contributed by atoms with Gasteiger partial charge in [-0.1, -0.05) is 24.3 Å². The minimum Gasteiger partial charge on any atom is -0.264 e. The van der Waals surface area contributed by atoms with Crippen LogP contribution in [-0.4, -0.2) is 19.2 Å². The molecule has 0 atom stereocenters. The second-order valence-corrected chi connectivity index (χ2v) is 6.41. The highest BCUT2D eigenvalue weighted by molar-refractivity contribution is 8.13. The molecule has 1 heterocycles. The number of rotatable bonds is 3. The predicted octanol–water partition coefficient (Wildman–Crippen LogP) is 2.35. The second kappa shape index (κ2) is 4.39. The Kier molecular flexibility index (Phi) is 3.12. The van der Waals surface area contributed by atoms with Crippen LogP contribution in [0.3, 0.4) is 0 Å². The third-order valence-electron chi connectivity index (χ3n) is 2.37. The van der Waals surface area contributed by atoms with Gasteiger partial charge in [0.25, 0.3) is 0 Å². The molecule has 1 aromatic heterocycles. The van der Waals surface area contributed by atoms with Crippen LogP contribution in [0.25, 0.3) is 10.8 Å². The van der Waals surface area contributed by atoms with Crippen LogP contribution in [0.15, 0.2) is 36.7 Å². The Labute approximate surface area is 98.5 Å². The van der Waals surface area contributed by atoms with E-state index in [1.165, 1.54) is 0 Å². The molecule has 0 saturated heterocycles. The Morgan fingerprint density at radius 1 is 1.19 bits per heavy atom. The molecule has 0 spiro atoms. The molecule has 84 valence electrons. The Morgan fingerprint density at radius 3 is 2.69 bits per heavy atom. The molecule has 0 fully saturated rings. The molecule has 0 radical (unpaired) electrons. The van der Waals surface area contributed by atoms with Gasteiger partial charge in [-0.3, -0.25) is 4.98 Å². The summed E-state index contributed by atoms with van der Waals surface area (Å²) in [4.78, 5) is 4.08. The first-order chi connectivity index (χ1) is 7.56. The average molecular weight is 256 g/mol. The van der Waals surface area contributed by atoms with E-state index in [1.54, 1.807) is 12.4 Å². The highest BCUT2D eigenvalue weighted by Crippen LogP contribution is 2.18. The Bertz CT molecular complexity index is 605. The molecule has 0 saturated carbocycles. The van der Waals surface area contributed by atoms with Crippen molar-refractivity contribution in [3.8, 4) is 0 Å². The highest BCUT2D eigenvalue weighted by atomic mass is 35.7. The van der Waals surface area contributed by atoms with Gasteiger partial charge in [-0.2, -0.15) is 0 Å². The fourth-order valence-corrected chi connectivity index (χ4v) is 2.31. The first-order valence-electron chi connectivity index (χ1n) is 4.80. The molecule has 2 rings (SSSR count). The number of benzene rings is 1. The molecule has 0 aliphatic heterocycles. The van der Waals surface area contributed by atoms with Crippen LogP contribution >= 0.6 is 10.7 Å². The lowest BCUT2D eigenvalue weighted by atomic mass is 10.1. The summed E-state index contributed by atoms with van der Waals surface area (Å²) in [6.45, 7) is 0. The molecule has 3 nitrogen and oxygen atoms in total. The third-order valence-corrected chi connectivity index (χ3v) is 3.52. The minimum absolute atomic E-state index is 0.0652. The number of aromatic nitrogens is 1. The maximum Gasteiger partial charge on any atom is 0.232 e. The normalized spacial score (nSPS) is 11.8. The summed E-state index contributed by atoms with van der Waals surface area (Å²) < 4.78 is 21.8. The van der Waals surface area contributed by atoms with Crippen molar-refractivity contribution in [3.05, 3.63) is 42.2 Å². The number of nitrogens with zero attached hydrogens (tertiary/aromatic N) is 1. The highest BCUT2D eigenvalue weighted by Gasteiger charge is 2.07. The molecule has 0 aliphatic carbocycles. The molecular formula is C11H10ClNO2S. The zero-order valence-electron chi connectivity index (χ0n) is 8.43. The van der Waals surface area contributed by atoms with Crippen molar-refractivity contribution in [1.29, 1.82) is 0 Å². The van der Waals surface area contributed by atoms with Gasteiger partial charge in [0.2, 0.25) is 9.05 Å². The molecule has 0 amide bonds. The topological polar surface area (TPSA) is 47.0 Å². The number of aryl methyl sites for hydroxylation is 1. The molecule has 0 unspecified atom stereocenters. The number of halogens is 1. The van der Waals surface area contributed by atoms with Crippen molar-refractivity contribution >= 4 is 30.5 Å². The Morgan fingerprint density at radius 2 is 1.94 bits per heavy atom. The summed E-state index contributed by atoms with van der Waals surface area (Å²) in [6, 6.07) is 7.74. The molecule has 16 heavy (non-hydrogen) atoms. The van der Waals surface area contributed by atoms with Crippen LogP contribution in [0.5, 0.6) is 0 Å². The zero-order valence-corrected chi connectivity index (χ0v) is 10.0. The van der Waals surface area contributed by atoms with Crippen molar-refractivity contribution in [2.24, 2.45) is 0 Å². The molecule has 0 bridgehead atoms. The molecule has 0 aliphatic rings. The lowest BCUT2D eigenvalue weighted by Crippen LogP contribution is -2.01. The summed E-state index contributed by atoms with van der Waals surface area (Å²) in [7, 11) is 1.74. The lowest BCUT2D eigenvalue weighted by Gasteiger charge is -2.04. The van der Waals surface area contributed by atoms with Crippen molar-refractivity contribution in [3.63, 3.8) is 0 Å². The van der Waals surface area contributed by atoms with E-state index in [4.69, 9.17) is 10.7 Å². The fourth-order valence-electron chi connectivity index (χ4n) is 1.61. The van der Waals surface area contributed by atoms with Gasteiger partial charge < -0.3 is 0 Å². The summed E-state index contributed by atoms with van der Waals surface area (Å²) in [5.41, 5.74) is 0.905. The van der Waals surface area contributed by atoms with E-state index >= 15 is 0 Å². The fraction of sp³-hybridized carbons (Fsp3) is 0.182. The van der Waals surface area contributed by atoms with Gasteiger partial charge in [0.15, 0.2) is 0 Å². The number of pyridine rings is 1. The van der Waals surface area contributed by atoms with Gasteiger partial charge in [-0.05, 0) is 17.4 Å². The maximum atomic E-state index is 10.9. The van der Waals surface area contributed by atoms with Crippen LogP contribution < -0.4 is 0 Å². The summed E-state index contributed by atoms with van der Waals surface area (Å²) in [5, 5.41) is 2.03. The summed E-state index contributed by atoms with van der Waals surface area (Å²) in [5.74, 6) is -0.0652. The number of fused-ring (bicyclic) bond motifs is 1. The first-order valence-corrected chi connectivity index (χ1v) is 7.28. The van der Waals surface area contributed by atoms with Crippen LogP contribution in [0.4, 0.5) is 0 Å². The molecule has 0 N–H and O–H groups in total. The average Bonchev–Trinajstić information content (AvgIpc) is 2.25. The van der Waals surface area contributed by atoms with E-state index in [0.29, 0.717) is 6.42 Å². The lowest BCUT2D eigenvalue weighted by molar-refractivity contribution is 0.609. The summed E-state index contributed by atoms with van der Waals surface area (Å²) in [6.07, 6.45) is 3.83. The van der Waals surface area contributed by atoms with Crippen LogP contribution in [-0.2, 0) is 15.5 Å². The smallest absolute Gasteiger partial charge is 0.232 e. The quantitative estimate of drug-likeness (QED) is 0.791. The van der Waals surface area contributed by atoms with E-state index < -0.39 is 9.05 Å². The van der Waals surface area contributed by atoms with Crippen molar-refractivity contribution in [2.75, 3.05) is 5.75 Å². The molecular weight excluding hydrogens is 246 g/mol. The van der Waals surface area contributed by atoms with Crippen molar-refractivity contribution in [2.45, 2.75) is 6.42 Å². The van der Waals surface area contributed by atoms with Gasteiger partial charge in [0.1, 0.15) is 0 Å².